The first-order valence-corrected chi connectivity index (χ1v) is 4.84. The van der Waals surface area contributed by atoms with E-state index in [4.69, 9.17) is 0 Å². The highest BCUT2D eigenvalue weighted by Gasteiger charge is 2.07. The minimum absolute atomic E-state index is 0.137. The zero-order chi connectivity index (χ0) is 11.3. The second kappa shape index (κ2) is 5.20. The normalized spacial score (nSPS) is 9.27. The molecule has 80 valence electrons. The number of anilines is 1. The number of carbonyl (C=O) groups is 1. The molecule has 0 aromatic heterocycles. The number of hydrogen-bond acceptors (Lipinski definition) is 1. The fraction of sp³-hybridized carbons (Fsp3) is 0.250. The maximum atomic E-state index is 11.6. The Morgan fingerprint density at radius 2 is 1.87 bits per heavy atom. The van der Waals surface area contributed by atoms with E-state index in [1.54, 1.807) is 18.1 Å². The van der Waals surface area contributed by atoms with Gasteiger partial charge in [0.2, 0.25) is 0 Å². The predicted molar refractivity (Wildman–Crippen MR) is 62.8 cm³/mol. The van der Waals surface area contributed by atoms with Crippen LogP contribution < -0.4 is 10.2 Å². The van der Waals surface area contributed by atoms with E-state index in [1.807, 2.05) is 44.2 Å². The van der Waals surface area contributed by atoms with Crippen LogP contribution in [0.3, 0.4) is 0 Å². The molecule has 2 amide bonds. The molecule has 0 spiro atoms. The van der Waals surface area contributed by atoms with Gasteiger partial charge in [0.25, 0.3) is 0 Å². The summed E-state index contributed by atoms with van der Waals surface area (Å²) in [5.74, 6) is 0. The van der Waals surface area contributed by atoms with E-state index in [1.165, 1.54) is 0 Å². The van der Waals surface area contributed by atoms with Gasteiger partial charge in [-0.25, -0.2) is 4.79 Å². The maximum absolute atomic E-state index is 11.6. The third-order valence-electron chi connectivity index (χ3n) is 1.93. The van der Waals surface area contributed by atoms with Gasteiger partial charge in [-0.2, -0.15) is 0 Å². The van der Waals surface area contributed by atoms with Crippen molar-refractivity contribution in [3.05, 3.63) is 42.1 Å². The van der Waals surface area contributed by atoms with E-state index in [-0.39, 0.29) is 6.03 Å². The second-order valence-electron chi connectivity index (χ2n) is 3.57. The van der Waals surface area contributed by atoms with E-state index in [0.717, 1.165) is 11.3 Å². The van der Waals surface area contributed by atoms with Crippen LogP contribution in [0.4, 0.5) is 10.5 Å². The summed E-state index contributed by atoms with van der Waals surface area (Å²) in [5, 5.41) is 2.71. The van der Waals surface area contributed by atoms with Crippen molar-refractivity contribution < 1.29 is 4.79 Å². The molecule has 0 saturated carbocycles. The first-order chi connectivity index (χ1) is 7.11. The molecule has 15 heavy (non-hydrogen) atoms. The molecule has 0 saturated heterocycles. The molecule has 0 aliphatic rings. The average molecular weight is 204 g/mol. The lowest BCUT2D eigenvalue weighted by molar-refractivity contribution is 0.250. The summed E-state index contributed by atoms with van der Waals surface area (Å²) in [7, 11) is 1.74. The molecular weight excluding hydrogens is 188 g/mol. The standard InChI is InChI=1S/C12H16N2O/c1-10(2)9-13-12(15)14(3)11-7-5-4-6-8-11/h4-9H,1-3H3,(H,13,15). The van der Waals surface area contributed by atoms with Gasteiger partial charge < -0.3 is 5.32 Å². The average Bonchev–Trinajstić information content (AvgIpc) is 2.26. The van der Waals surface area contributed by atoms with Gasteiger partial charge in [-0.05, 0) is 26.0 Å². The van der Waals surface area contributed by atoms with Gasteiger partial charge in [0.15, 0.2) is 0 Å². The lowest BCUT2D eigenvalue weighted by atomic mass is 10.3. The van der Waals surface area contributed by atoms with Gasteiger partial charge in [0.05, 0.1) is 0 Å². The topological polar surface area (TPSA) is 32.3 Å². The molecule has 1 rings (SSSR count). The molecule has 0 aliphatic heterocycles. The minimum Gasteiger partial charge on any atom is -0.314 e. The van der Waals surface area contributed by atoms with Crippen LogP contribution in [-0.2, 0) is 0 Å². The van der Waals surface area contributed by atoms with Gasteiger partial charge in [0, 0.05) is 18.9 Å². The number of hydrogen-bond donors (Lipinski definition) is 1. The quantitative estimate of drug-likeness (QED) is 0.789. The van der Waals surface area contributed by atoms with E-state index >= 15 is 0 Å². The van der Waals surface area contributed by atoms with Crippen LogP contribution in [0.5, 0.6) is 0 Å². The summed E-state index contributed by atoms with van der Waals surface area (Å²) in [6.07, 6.45) is 1.70. The van der Waals surface area contributed by atoms with Crippen LogP contribution in [0.1, 0.15) is 13.8 Å². The molecule has 1 N–H and O–H groups in total. The van der Waals surface area contributed by atoms with Crippen LogP contribution in [0.2, 0.25) is 0 Å². The summed E-state index contributed by atoms with van der Waals surface area (Å²) in [6.45, 7) is 3.87. The van der Waals surface area contributed by atoms with E-state index in [2.05, 4.69) is 5.32 Å². The lowest BCUT2D eigenvalue weighted by Crippen LogP contribution is -2.34. The van der Waals surface area contributed by atoms with Crippen LogP contribution in [0.15, 0.2) is 42.1 Å². The molecule has 0 bridgehead atoms. The second-order valence-corrected chi connectivity index (χ2v) is 3.57. The molecule has 0 atom stereocenters. The van der Waals surface area contributed by atoms with Crippen molar-refractivity contribution in [2.24, 2.45) is 0 Å². The number of carbonyl (C=O) groups excluding carboxylic acids is 1. The molecular formula is C12H16N2O. The number of urea groups is 1. The molecule has 1 aromatic rings. The number of nitrogens with one attached hydrogen (secondary N) is 1. The Morgan fingerprint density at radius 3 is 2.40 bits per heavy atom. The molecule has 0 aliphatic carbocycles. The van der Waals surface area contributed by atoms with Crippen molar-refractivity contribution in [2.75, 3.05) is 11.9 Å². The largest absolute Gasteiger partial charge is 0.325 e. The summed E-state index contributed by atoms with van der Waals surface area (Å²) in [4.78, 5) is 13.2. The Morgan fingerprint density at radius 1 is 1.27 bits per heavy atom. The monoisotopic (exact) mass is 204 g/mol. The van der Waals surface area contributed by atoms with Gasteiger partial charge in [0.1, 0.15) is 0 Å². The lowest BCUT2D eigenvalue weighted by Gasteiger charge is -2.16. The number of rotatable bonds is 2. The number of para-hydroxylation sites is 1. The maximum Gasteiger partial charge on any atom is 0.325 e. The number of allylic oxidation sites excluding steroid dienone is 1. The number of amides is 2. The van der Waals surface area contributed by atoms with Gasteiger partial charge >= 0.3 is 6.03 Å². The number of nitrogens with zero attached hydrogens (tertiary/aromatic N) is 1. The summed E-state index contributed by atoms with van der Waals surface area (Å²) >= 11 is 0. The van der Waals surface area contributed by atoms with Crippen LogP contribution in [0, 0.1) is 0 Å². The Hall–Kier alpha value is -1.77. The van der Waals surface area contributed by atoms with E-state index in [9.17, 15) is 4.79 Å². The molecule has 0 radical (unpaired) electrons. The number of benzene rings is 1. The van der Waals surface area contributed by atoms with Crippen molar-refractivity contribution in [1.29, 1.82) is 0 Å². The van der Waals surface area contributed by atoms with Gasteiger partial charge in [-0.15, -0.1) is 0 Å². The zero-order valence-electron chi connectivity index (χ0n) is 9.32. The Bertz CT molecular complexity index is 353. The van der Waals surface area contributed by atoms with Crippen molar-refractivity contribution in [3.63, 3.8) is 0 Å². The molecule has 3 nitrogen and oxygen atoms in total. The fourth-order valence-corrected chi connectivity index (χ4v) is 1.07. The van der Waals surface area contributed by atoms with Crippen LogP contribution >= 0.6 is 0 Å². The third-order valence-corrected chi connectivity index (χ3v) is 1.93. The van der Waals surface area contributed by atoms with Gasteiger partial charge in [-0.3, -0.25) is 4.90 Å². The fourth-order valence-electron chi connectivity index (χ4n) is 1.07. The Labute approximate surface area is 90.4 Å². The van der Waals surface area contributed by atoms with Gasteiger partial charge in [-0.1, -0.05) is 23.8 Å². The van der Waals surface area contributed by atoms with Crippen LogP contribution in [0.25, 0.3) is 0 Å². The van der Waals surface area contributed by atoms with E-state index < -0.39 is 0 Å². The molecule has 3 heteroatoms. The highest BCUT2D eigenvalue weighted by Crippen LogP contribution is 2.10. The predicted octanol–water partition coefficient (Wildman–Crippen LogP) is 2.76. The summed E-state index contributed by atoms with van der Waals surface area (Å²) in [5.41, 5.74) is 1.93. The first kappa shape index (κ1) is 11.3. The van der Waals surface area contributed by atoms with Crippen molar-refractivity contribution in [1.82, 2.24) is 5.32 Å². The molecule has 0 unspecified atom stereocenters. The zero-order valence-corrected chi connectivity index (χ0v) is 9.32. The molecule has 1 aromatic carbocycles. The van der Waals surface area contributed by atoms with Crippen LogP contribution in [-0.4, -0.2) is 13.1 Å². The van der Waals surface area contributed by atoms with Crippen molar-refractivity contribution in [2.45, 2.75) is 13.8 Å². The highest BCUT2D eigenvalue weighted by molar-refractivity contribution is 5.91. The Kier molecular flexibility index (Phi) is 3.92. The van der Waals surface area contributed by atoms with Crippen molar-refractivity contribution >= 4 is 11.7 Å². The van der Waals surface area contributed by atoms with E-state index in [0.29, 0.717) is 0 Å². The summed E-state index contributed by atoms with van der Waals surface area (Å²) in [6, 6.07) is 9.37. The third kappa shape index (κ3) is 3.46. The van der Waals surface area contributed by atoms with Crippen molar-refractivity contribution in [3.8, 4) is 0 Å². The smallest absolute Gasteiger partial charge is 0.314 e. The SMILES string of the molecule is CC(C)=CNC(=O)N(C)c1ccccc1. The molecule has 0 heterocycles. The minimum atomic E-state index is -0.137. The molecule has 0 fully saturated rings. The summed E-state index contributed by atoms with van der Waals surface area (Å²) < 4.78 is 0. The Balaban J connectivity index is 2.65. The highest BCUT2D eigenvalue weighted by atomic mass is 16.2. The first-order valence-electron chi connectivity index (χ1n) is 4.84.